The number of nitrogens with one attached hydrogen (secondary N) is 1. The maximum Gasteiger partial charge on any atom is 0.257 e. The molecule has 0 atom stereocenters. The van der Waals surface area contributed by atoms with Crippen LogP contribution in [-0.4, -0.2) is 18.1 Å². The molecule has 1 aromatic heterocycles. The van der Waals surface area contributed by atoms with Gasteiger partial charge in [-0.25, -0.2) is 0 Å². The van der Waals surface area contributed by atoms with E-state index < -0.39 is 0 Å². The second-order valence-electron chi connectivity index (χ2n) is 5.78. The molecule has 3 rings (SSSR count). The fourth-order valence-corrected chi connectivity index (χ4v) is 2.89. The second-order valence-corrected chi connectivity index (χ2v) is 6.18. The molecule has 26 heavy (non-hydrogen) atoms. The van der Waals surface area contributed by atoms with Crippen LogP contribution in [0.25, 0.3) is 11.3 Å². The van der Waals surface area contributed by atoms with Gasteiger partial charge >= 0.3 is 0 Å². The molecule has 2 N–H and O–H groups in total. The number of aryl methyl sites for hydroxylation is 1. The van der Waals surface area contributed by atoms with Crippen molar-refractivity contribution >= 4 is 23.2 Å². The van der Waals surface area contributed by atoms with Crippen LogP contribution in [0, 0.1) is 6.92 Å². The number of aliphatic hydroxyl groups is 1. The third-order valence-electron chi connectivity index (χ3n) is 3.92. The summed E-state index contributed by atoms with van der Waals surface area (Å²) in [6, 6.07) is 14.0. The number of halogens is 1. The van der Waals surface area contributed by atoms with Gasteiger partial charge < -0.3 is 19.6 Å². The lowest BCUT2D eigenvalue weighted by atomic mass is 10.1. The van der Waals surface area contributed by atoms with Crippen molar-refractivity contribution < 1.29 is 19.1 Å². The molecule has 0 aliphatic rings. The van der Waals surface area contributed by atoms with Gasteiger partial charge in [0.25, 0.3) is 5.91 Å². The van der Waals surface area contributed by atoms with Gasteiger partial charge in [0.2, 0.25) is 0 Å². The Morgan fingerprint density at radius 2 is 2.00 bits per heavy atom. The Bertz CT molecular complexity index is 949. The zero-order valence-corrected chi connectivity index (χ0v) is 15.1. The molecule has 134 valence electrons. The molecule has 5 nitrogen and oxygen atoms in total. The van der Waals surface area contributed by atoms with Crippen molar-refractivity contribution in [1.29, 1.82) is 0 Å². The van der Waals surface area contributed by atoms with E-state index in [1.54, 1.807) is 36.4 Å². The summed E-state index contributed by atoms with van der Waals surface area (Å²) >= 11 is 6.18. The number of aliphatic hydroxyl groups excluding tert-OH is 1. The molecule has 0 saturated carbocycles. The van der Waals surface area contributed by atoms with E-state index in [2.05, 4.69) is 5.32 Å². The van der Waals surface area contributed by atoms with Crippen molar-refractivity contribution in [3.63, 3.8) is 0 Å². The van der Waals surface area contributed by atoms with E-state index in [4.69, 9.17) is 25.9 Å². The first-order valence-electron chi connectivity index (χ1n) is 7.97. The number of methoxy groups -OCH3 is 1. The quantitative estimate of drug-likeness (QED) is 0.684. The monoisotopic (exact) mass is 371 g/mol. The Kier molecular flexibility index (Phi) is 5.30. The van der Waals surface area contributed by atoms with Gasteiger partial charge in [0, 0.05) is 5.56 Å². The van der Waals surface area contributed by atoms with Crippen molar-refractivity contribution in [2.75, 3.05) is 12.4 Å². The molecule has 1 heterocycles. The highest BCUT2D eigenvalue weighted by Gasteiger charge is 2.15. The van der Waals surface area contributed by atoms with Crippen LogP contribution < -0.4 is 10.1 Å². The van der Waals surface area contributed by atoms with Crippen LogP contribution in [0.5, 0.6) is 5.75 Å². The molecule has 0 bridgehead atoms. The number of furan rings is 1. The molecule has 6 heteroatoms. The molecule has 0 aliphatic carbocycles. The average molecular weight is 372 g/mol. The van der Waals surface area contributed by atoms with E-state index in [-0.39, 0.29) is 12.5 Å². The molecule has 0 aliphatic heterocycles. The third kappa shape index (κ3) is 3.74. The molecule has 1 amide bonds. The van der Waals surface area contributed by atoms with Crippen LogP contribution in [0.1, 0.15) is 21.7 Å². The van der Waals surface area contributed by atoms with Crippen LogP contribution in [-0.2, 0) is 6.61 Å². The number of amides is 1. The Morgan fingerprint density at radius 3 is 2.65 bits per heavy atom. The lowest BCUT2D eigenvalue weighted by Gasteiger charge is -2.12. The topological polar surface area (TPSA) is 71.7 Å². The SMILES string of the molecule is COc1ccc(-c2ccc(CO)o2)cc1NC(=O)c1ccc(C)cc1Cl. The van der Waals surface area contributed by atoms with Crippen molar-refractivity contribution in [3.8, 4) is 17.1 Å². The standard InChI is InChI=1S/C20H18ClNO4/c1-12-3-6-15(16(21)9-12)20(24)22-17-10-13(4-7-19(17)25-2)18-8-5-14(11-23)26-18/h3-10,23H,11H2,1-2H3,(H,22,24). The van der Waals surface area contributed by atoms with Gasteiger partial charge in [-0.2, -0.15) is 0 Å². The summed E-state index contributed by atoms with van der Waals surface area (Å²) in [5.41, 5.74) is 2.60. The van der Waals surface area contributed by atoms with Crippen LogP contribution in [0.4, 0.5) is 5.69 Å². The van der Waals surface area contributed by atoms with Crippen LogP contribution in [0.2, 0.25) is 5.02 Å². The van der Waals surface area contributed by atoms with E-state index in [1.807, 2.05) is 19.1 Å². The molecule has 0 fully saturated rings. The summed E-state index contributed by atoms with van der Waals surface area (Å²) in [4.78, 5) is 12.6. The predicted octanol–water partition coefficient (Wildman–Crippen LogP) is 4.66. The summed E-state index contributed by atoms with van der Waals surface area (Å²) in [6.07, 6.45) is 0. The van der Waals surface area contributed by atoms with Crippen LogP contribution >= 0.6 is 11.6 Å². The van der Waals surface area contributed by atoms with E-state index >= 15 is 0 Å². The zero-order valence-electron chi connectivity index (χ0n) is 14.4. The summed E-state index contributed by atoms with van der Waals surface area (Å²) in [6.45, 7) is 1.73. The highest BCUT2D eigenvalue weighted by atomic mass is 35.5. The smallest absolute Gasteiger partial charge is 0.257 e. The third-order valence-corrected chi connectivity index (χ3v) is 4.23. The number of anilines is 1. The summed E-state index contributed by atoms with van der Waals surface area (Å²) in [5.74, 6) is 1.23. The zero-order chi connectivity index (χ0) is 18.7. The van der Waals surface area contributed by atoms with Gasteiger partial charge in [-0.05, 0) is 55.0 Å². The molecular weight excluding hydrogens is 354 g/mol. The number of rotatable bonds is 5. The number of benzene rings is 2. The average Bonchev–Trinajstić information content (AvgIpc) is 3.10. The number of carbonyl (C=O) groups excluding carboxylic acids is 1. The lowest BCUT2D eigenvalue weighted by Crippen LogP contribution is -2.13. The fraction of sp³-hybridized carbons (Fsp3) is 0.150. The maximum absolute atomic E-state index is 12.6. The van der Waals surface area contributed by atoms with Crippen molar-refractivity contribution in [2.45, 2.75) is 13.5 Å². The number of ether oxygens (including phenoxy) is 1. The minimum atomic E-state index is -0.332. The van der Waals surface area contributed by atoms with E-state index in [9.17, 15) is 4.79 Å². The van der Waals surface area contributed by atoms with Gasteiger partial charge in [0.05, 0.1) is 23.4 Å². The van der Waals surface area contributed by atoms with Gasteiger partial charge in [-0.15, -0.1) is 0 Å². The van der Waals surface area contributed by atoms with Crippen LogP contribution in [0.15, 0.2) is 52.9 Å². The normalized spacial score (nSPS) is 10.6. The van der Waals surface area contributed by atoms with Crippen molar-refractivity contribution in [3.05, 3.63) is 70.4 Å². The largest absolute Gasteiger partial charge is 0.495 e. The Morgan fingerprint density at radius 1 is 1.19 bits per heavy atom. The molecule has 2 aromatic carbocycles. The highest BCUT2D eigenvalue weighted by molar-refractivity contribution is 6.34. The van der Waals surface area contributed by atoms with E-state index in [0.29, 0.717) is 33.5 Å². The second kappa shape index (κ2) is 7.64. The minimum Gasteiger partial charge on any atom is -0.495 e. The predicted molar refractivity (Wildman–Crippen MR) is 101 cm³/mol. The molecule has 0 radical (unpaired) electrons. The van der Waals surface area contributed by atoms with Gasteiger partial charge in [-0.3, -0.25) is 4.79 Å². The molecule has 3 aromatic rings. The molecular formula is C20H18ClNO4. The van der Waals surface area contributed by atoms with Gasteiger partial charge in [-0.1, -0.05) is 17.7 Å². The van der Waals surface area contributed by atoms with Gasteiger partial charge in [0.1, 0.15) is 23.9 Å². The Balaban J connectivity index is 1.92. The summed E-state index contributed by atoms with van der Waals surface area (Å²) < 4.78 is 10.9. The summed E-state index contributed by atoms with van der Waals surface area (Å²) in [5, 5.41) is 12.4. The van der Waals surface area contributed by atoms with Crippen LogP contribution in [0.3, 0.4) is 0 Å². The molecule has 0 saturated heterocycles. The van der Waals surface area contributed by atoms with Gasteiger partial charge in [0.15, 0.2) is 0 Å². The lowest BCUT2D eigenvalue weighted by molar-refractivity contribution is 0.102. The first kappa shape index (κ1) is 18.0. The van der Waals surface area contributed by atoms with E-state index in [1.165, 1.54) is 7.11 Å². The Hall–Kier alpha value is -2.76. The fourth-order valence-electron chi connectivity index (χ4n) is 2.57. The molecule has 0 spiro atoms. The Labute approximate surface area is 156 Å². The number of carbonyl (C=O) groups is 1. The van der Waals surface area contributed by atoms with Crippen molar-refractivity contribution in [2.24, 2.45) is 0 Å². The number of hydrogen-bond donors (Lipinski definition) is 2. The number of hydrogen-bond acceptors (Lipinski definition) is 4. The minimum absolute atomic E-state index is 0.175. The van der Waals surface area contributed by atoms with E-state index in [0.717, 1.165) is 11.1 Å². The first-order valence-corrected chi connectivity index (χ1v) is 8.35. The molecule has 0 unspecified atom stereocenters. The van der Waals surface area contributed by atoms with Crippen molar-refractivity contribution in [1.82, 2.24) is 0 Å². The summed E-state index contributed by atoms with van der Waals surface area (Å²) in [7, 11) is 1.53. The highest BCUT2D eigenvalue weighted by Crippen LogP contribution is 2.32. The maximum atomic E-state index is 12.6. The first-order chi connectivity index (χ1) is 12.5.